The van der Waals surface area contributed by atoms with Crippen molar-refractivity contribution < 1.29 is 9.21 Å². The molecule has 0 aromatic carbocycles. The molecule has 2 aliphatic rings. The van der Waals surface area contributed by atoms with Crippen molar-refractivity contribution in [2.45, 2.75) is 44.8 Å². The Hall–Kier alpha value is -0.940. The Morgan fingerprint density at radius 3 is 2.95 bits per heavy atom. The number of nitrogens with one attached hydrogen (secondary N) is 1. The SMILES string of the molecule is Cc1ccc(CN(C(=O)CC2CSCCN2)C2CC2)o1. The van der Waals surface area contributed by atoms with Crippen LogP contribution in [-0.4, -0.2) is 40.9 Å². The molecule has 1 N–H and O–H groups in total. The average Bonchev–Trinajstić information content (AvgIpc) is 3.20. The van der Waals surface area contributed by atoms with E-state index in [-0.39, 0.29) is 5.91 Å². The Balaban J connectivity index is 1.59. The zero-order chi connectivity index (χ0) is 13.9. The topological polar surface area (TPSA) is 45.5 Å². The molecule has 1 aromatic heterocycles. The van der Waals surface area contributed by atoms with E-state index in [1.54, 1.807) is 0 Å². The lowest BCUT2D eigenvalue weighted by Crippen LogP contribution is -2.43. The first-order valence-corrected chi connectivity index (χ1v) is 8.54. The second-order valence-corrected chi connectivity index (χ2v) is 6.85. The Bertz CT molecular complexity index is 464. The van der Waals surface area contributed by atoms with Gasteiger partial charge in [-0.25, -0.2) is 0 Å². The first-order chi connectivity index (χ1) is 9.72. The van der Waals surface area contributed by atoms with Gasteiger partial charge in [-0.15, -0.1) is 0 Å². The third kappa shape index (κ3) is 3.58. The molecule has 0 spiro atoms. The molecule has 1 aliphatic carbocycles. The van der Waals surface area contributed by atoms with E-state index >= 15 is 0 Å². The zero-order valence-electron chi connectivity index (χ0n) is 11.9. The number of furan rings is 1. The molecule has 1 saturated heterocycles. The van der Waals surface area contributed by atoms with Gasteiger partial charge in [0.1, 0.15) is 11.5 Å². The van der Waals surface area contributed by atoms with Crippen LogP contribution in [0.2, 0.25) is 0 Å². The van der Waals surface area contributed by atoms with Crippen LogP contribution < -0.4 is 5.32 Å². The van der Waals surface area contributed by atoms with Gasteiger partial charge in [0.2, 0.25) is 5.91 Å². The van der Waals surface area contributed by atoms with E-state index in [9.17, 15) is 4.79 Å². The van der Waals surface area contributed by atoms with Crippen LogP contribution in [0.25, 0.3) is 0 Å². The third-order valence-electron chi connectivity index (χ3n) is 3.85. The van der Waals surface area contributed by atoms with Gasteiger partial charge in [0, 0.05) is 36.6 Å². The fourth-order valence-electron chi connectivity index (χ4n) is 2.62. The van der Waals surface area contributed by atoms with Gasteiger partial charge in [-0.05, 0) is 31.9 Å². The molecular formula is C15H22N2O2S. The highest BCUT2D eigenvalue weighted by atomic mass is 32.2. The smallest absolute Gasteiger partial charge is 0.224 e. The van der Waals surface area contributed by atoms with Crippen molar-refractivity contribution in [2.24, 2.45) is 0 Å². The van der Waals surface area contributed by atoms with E-state index < -0.39 is 0 Å². The summed E-state index contributed by atoms with van der Waals surface area (Å²) >= 11 is 1.94. The van der Waals surface area contributed by atoms with Gasteiger partial charge in [-0.2, -0.15) is 11.8 Å². The summed E-state index contributed by atoms with van der Waals surface area (Å²) in [7, 11) is 0. The van der Waals surface area contributed by atoms with E-state index in [2.05, 4.69) is 5.32 Å². The minimum atomic E-state index is 0.265. The van der Waals surface area contributed by atoms with Crippen LogP contribution >= 0.6 is 11.8 Å². The molecule has 1 aliphatic heterocycles. The van der Waals surface area contributed by atoms with Gasteiger partial charge in [0.15, 0.2) is 0 Å². The Morgan fingerprint density at radius 2 is 2.35 bits per heavy atom. The summed E-state index contributed by atoms with van der Waals surface area (Å²) in [6, 6.07) is 4.71. The van der Waals surface area contributed by atoms with E-state index in [0.29, 0.717) is 25.0 Å². The molecular weight excluding hydrogens is 272 g/mol. The monoisotopic (exact) mass is 294 g/mol. The minimum Gasteiger partial charge on any atom is -0.464 e. The highest BCUT2D eigenvalue weighted by molar-refractivity contribution is 7.99. The fraction of sp³-hybridized carbons (Fsp3) is 0.667. The van der Waals surface area contributed by atoms with Crippen molar-refractivity contribution in [2.75, 3.05) is 18.1 Å². The molecule has 0 bridgehead atoms. The number of rotatable bonds is 5. The van der Waals surface area contributed by atoms with Crippen molar-refractivity contribution in [3.63, 3.8) is 0 Å². The predicted molar refractivity (Wildman–Crippen MR) is 80.7 cm³/mol. The number of aryl methyl sites for hydroxylation is 1. The number of nitrogens with zero attached hydrogens (tertiary/aromatic N) is 1. The summed E-state index contributed by atoms with van der Waals surface area (Å²) in [6.45, 7) is 3.58. The van der Waals surface area contributed by atoms with E-state index in [0.717, 1.165) is 42.4 Å². The highest BCUT2D eigenvalue weighted by Crippen LogP contribution is 2.29. The van der Waals surface area contributed by atoms with Crippen LogP contribution in [0.5, 0.6) is 0 Å². The molecule has 2 fully saturated rings. The number of hydrogen-bond donors (Lipinski definition) is 1. The summed E-state index contributed by atoms with van der Waals surface area (Å²) in [5, 5.41) is 3.44. The quantitative estimate of drug-likeness (QED) is 0.904. The van der Waals surface area contributed by atoms with Crippen molar-refractivity contribution in [3.05, 3.63) is 23.7 Å². The molecule has 1 saturated carbocycles. The largest absolute Gasteiger partial charge is 0.464 e. The zero-order valence-corrected chi connectivity index (χ0v) is 12.7. The number of carbonyl (C=O) groups is 1. The van der Waals surface area contributed by atoms with Crippen molar-refractivity contribution >= 4 is 17.7 Å². The molecule has 5 heteroatoms. The molecule has 3 rings (SSSR count). The van der Waals surface area contributed by atoms with Crippen molar-refractivity contribution in [3.8, 4) is 0 Å². The lowest BCUT2D eigenvalue weighted by molar-refractivity contribution is -0.133. The van der Waals surface area contributed by atoms with Crippen LogP contribution in [0.4, 0.5) is 0 Å². The fourth-order valence-corrected chi connectivity index (χ4v) is 3.57. The summed E-state index contributed by atoms with van der Waals surface area (Å²) in [6.07, 6.45) is 2.89. The van der Waals surface area contributed by atoms with E-state index in [4.69, 9.17) is 4.42 Å². The molecule has 2 heterocycles. The first-order valence-electron chi connectivity index (χ1n) is 7.38. The van der Waals surface area contributed by atoms with Crippen LogP contribution in [0.15, 0.2) is 16.5 Å². The molecule has 1 atom stereocenters. The second kappa shape index (κ2) is 6.22. The highest BCUT2D eigenvalue weighted by Gasteiger charge is 2.34. The van der Waals surface area contributed by atoms with E-state index in [1.165, 1.54) is 0 Å². The summed E-state index contributed by atoms with van der Waals surface area (Å²) < 4.78 is 5.62. The predicted octanol–water partition coefficient (Wildman–Crippen LogP) is 2.17. The van der Waals surface area contributed by atoms with Crippen LogP contribution in [-0.2, 0) is 11.3 Å². The minimum absolute atomic E-state index is 0.265. The molecule has 0 radical (unpaired) electrons. The van der Waals surface area contributed by atoms with Gasteiger partial charge >= 0.3 is 0 Å². The molecule has 1 aromatic rings. The molecule has 4 nitrogen and oxygen atoms in total. The van der Waals surface area contributed by atoms with Crippen molar-refractivity contribution in [1.82, 2.24) is 10.2 Å². The number of amides is 1. The van der Waals surface area contributed by atoms with Gasteiger partial charge in [-0.3, -0.25) is 4.79 Å². The molecule has 20 heavy (non-hydrogen) atoms. The Labute approximate surface area is 124 Å². The van der Waals surface area contributed by atoms with Gasteiger partial charge in [-0.1, -0.05) is 0 Å². The maximum Gasteiger partial charge on any atom is 0.224 e. The lowest BCUT2D eigenvalue weighted by Gasteiger charge is -2.27. The first kappa shape index (κ1) is 14.0. The normalized spacial score (nSPS) is 22.8. The number of thioether (sulfide) groups is 1. The van der Waals surface area contributed by atoms with E-state index in [1.807, 2.05) is 35.7 Å². The second-order valence-electron chi connectivity index (χ2n) is 5.70. The van der Waals surface area contributed by atoms with Crippen LogP contribution in [0.3, 0.4) is 0 Å². The molecule has 110 valence electrons. The van der Waals surface area contributed by atoms with Crippen LogP contribution in [0, 0.1) is 6.92 Å². The van der Waals surface area contributed by atoms with Crippen LogP contribution in [0.1, 0.15) is 30.8 Å². The summed E-state index contributed by atoms with van der Waals surface area (Å²) in [5.74, 6) is 4.27. The Morgan fingerprint density at radius 1 is 1.50 bits per heavy atom. The standard InChI is InChI=1S/C15H22N2O2S/c1-11-2-5-14(19-11)9-17(13-3-4-13)15(18)8-12-10-20-7-6-16-12/h2,5,12-13,16H,3-4,6-10H2,1H3. The molecule has 1 unspecified atom stereocenters. The summed E-state index contributed by atoms with van der Waals surface area (Å²) in [5.41, 5.74) is 0. The summed E-state index contributed by atoms with van der Waals surface area (Å²) in [4.78, 5) is 14.6. The lowest BCUT2D eigenvalue weighted by atomic mass is 10.2. The third-order valence-corrected chi connectivity index (χ3v) is 4.98. The molecule has 1 amide bonds. The maximum absolute atomic E-state index is 12.5. The number of hydrogen-bond acceptors (Lipinski definition) is 4. The Kier molecular flexibility index (Phi) is 4.36. The maximum atomic E-state index is 12.5. The van der Waals surface area contributed by atoms with Gasteiger partial charge in [0.05, 0.1) is 6.54 Å². The average molecular weight is 294 g/mol. The van der Waals surface area contributed by atoms with Gasteiger partial charge in [0.25, 0.3) is 0 Å². The van der Waals surface area contributed by atoms with Crippen molar-refractivity contribution in [1.29, 1.82) is 0 Å². The number of carbonyl (C=O) groups excluding carboxylic acids is 1. The van der Waals surface area contributed by atoms with Gasteiger partial charge < -0.3 is 14.6 Å².